The number of anilines is 1. The van der Waals surface area contributed by atoms with E-state index in [2.05, 4.69) is 10.3 Å². The quantitative estimate of drug-likeness (QED) is 0.694. The molecule has 0 aliphatic heterocycles. The first-order valence-corrected chi connectivity index (χ1v) is 9.11. The summed E-state index contributed by atoms with van der Waals surface area (Å²) in [5.41, 5.74) is 1.67. The molecule has 0 bridgehead atoms. The van der Waals surface area contributed by atoms with Gasteiger partial charge in [0.1, 0.15) is 18.0 Å². The largest absolute Gasteiger partial charge is 0.487 e. The third-order valence-electron chi connectivity index (χ3n) is 4.47. The molecule has 0 saturated carbocycles. The van der Waals surface area contributed by atoms with E-state index in [-0.39, 0.29) is 24.0 Å². The lowest BCUT2D eigenvalue weighted by atomic mass is 10.0. The van der Waals surface area contributed by atoms with Gasteiger partial charge in [-0.3, -0.25) is 14.0 Å². The van der Waals surface area contributed by atoms with Crippen molar-refractivity contribution in [3.05, 3.63) is 70.8 Å². The van der Waals surface area contributed by atoms with Crippen LogP contribution in [0.3, 0.4) is 0 Å². The Bertz CT molecular complexity index is 993. The van der Waals surface area contributed by atoms with E-state index in [0.29, 0.717) is 22.8 Å². The Morgan fingerprint density at radius 2 is 1.96 bits per heavy atom. The molecule has 1 aromatic carbocycles. The van der Waals surface area contributed by atoms with Crippen LogP contribution in [0.5, 0.6) is 5.75 Å². The average molecular weight is 365 g/mol. The first kappa shape index (κ1) is 18.6. The minimum Gasteiger partial charge on any atom is -0.487 e. The zero-order valence-electron chi connectivity index (χ0n) is 15.5. The van der Waals surface area contributed by atoms with E-state index in [1.54, 1.807) is 30.5 Å². The van der Waals surface area contributed by atoms with E-state index in [1.165, 1.54) is 10.5 Å². The Labute approximate surface area is 157 Å². The minimum absolute atomic E-state index is 0.00403. The van der Waals surface area contributed by atoms with Gasteiger partial charge in [0.15, 0.2) is 0 Å². The minimum atomic E-state index is -0.148. The molecule has 0 radical (unpaired) electrons. The van der Waals surface area contributed by atoms with Gasteiger partial charge in [0.25, 0.3) is 5.56 Å². The van der Waals surface area contributed by atoms with Gasteiger partial charge in [0.2, 0.25) is 5.91 Å². The van der Waals surface area contributed by atoms with Gasteiger partial charge in [-0.05, 0) is 37.1 Å². The first-order chi connectivity index (χ1) is 13.1. The Morgan fingerprint density at radius 3 is 2.74 bits per heavy atom. The van der Waals surface area contributed by atoms with Crippen molar-refractivity contribution in [1.82, 2.24) is 9.38 Å². The molecule has 3 rings (SSSR count). The highest BCUT2D eigenvalue weighted by atomic mass is 16.5. The number of hydrogen-bond acceptors (Lipinski definition) is 4. The number of nitrogens with zero attached hydrogens (tertiary/aromatic N) is 2. The van der Waals surface area contributed by atoms with Crippen molar-refractivity contribution in [1.29, 1.82) is 0 Å². The number of hydrogen-bond donors (Lipinski definition) is 1. The molecule has 0 spiro atoms. The lowest BCUT2D eigenvalue weighted by molar-refractivity contribution is -0.120. The van der Waals surface area contributed by atoms with Crippen LogP contribution in [0.4, 0.5) is 5.69 Å². The van der Waals surface area contributed by atoms with Crippen LogP contribution in [-0.2, 0) is 11.4 Å². The molecule has 0 aliphatic carbocycles. The average Bonchev–Trinajstić information content (AvgIpc) is 2.68. The number of aromatic nitrogens is 2. The molecule has 0 unspecified atom stereocenters. The summed E-state index contributed by atoms with van der Waals surface area (Å²) in [5.74, 6) is 0.623. The van der Waals surface area contributed by atoms with Gasteiger partial charge < -0.3 is 10.1 Å². The number of amides is 1. The second-order valence-corrected chi connectivity index (χ2v) is 6.33. The highest BCUT2D eigenvalue weighted by Crippen LogP contribution is 2.20. The van der Waals surface area contributed by atoms with E-state index >= 15 is 0 Å². The Hall–Kier alpha value is -3.15. The third kappa shape index (κ3) is 4.53. The van der Waals surface area contributed by atoms with Gasteiger partial charge in [-0.1, -0.05) is 26.0 Å². The van der Waals surface area contributed by atoms with Crippen molar-refractivity contribution in [2.45, 2.75) is 33.3 Å². The molecule has 0 fully saturated rings. The van der Waals surface area contributed by atoms with Gasteiger partial charge >= 0.3 is 0 Å². The monoisotopic (exact) mass is 365 g/mol. The fourth-order valence-corrected chi connectivity index (χ4v) is 2.90. The van der Waals surface area contributed by atoms with Crippen LogP contribution >= 0.6 is 0 Å². The van der Waals surface area contributed by atoms with E-state index < -0.39 is 0 Å². The lowest BCUT2D eigenvalue weighted by Gasteiger charge is -2.13. The highest BCUT2D eigenvalue weighted by molar-refractivity contribution is 5.92. The van der Waals surface area contributed by atoms with E-state index in [4.69, 9.17) is 4.74 Å². The normalized spacial score (nSPS) is 10.9. The molecular formula is C21H23N3O3. The number of nitrogens with one attached hydrogen (secondary N) is 1. The summed E-state index contributed by atoms with van der Waals surface area (Å²) in [7, 11) is 0. The maximum Gasteiger partial charge on any atom is 0.258 e. The van der Waals surface area contributed by atoms with Gasteiger partial charge in [0, 0.05) is 29.9 Å². The summed E-state index contributed by atoms with van der Waals surface area (Å²) in [6.07, 6.45) is 3.30. The van der Waals surface area contributed by atoms with Gasteiger partial charge in [-0.25, -0.2) is 4.98 Å². The second kappa shape index (κ2) is 8.49. The molecule has 0 aliphatic rings. The highest BCUT2D eigenvalue weighted by Gasteiger charge is 2.14. The number of pyridine rings is 1. The number of carbonyl (C=O) groups is 1. The smallest absolute Gasteiger partial charge is 0.258 e. The molecule has 140 valence electrons. The van der Waals surface area contributed by atoms with Crippen molar-refractivity contribution in [3.8, 4) is 5.75 Å². The summed E-state index contributed by atoms with van der Waals surface area (Å²) in [6.45, 7) is 4.18. The maximum atomic E-state index is 12.2. The first-order valence-electron chi connectivity index (χ1n) is 9.11. The Kier molecular flexibility index (Phi) is 5.86. The fourth-order valence-electron chi connectivity index (χ4n) is 2.90. The van der Waals surface area contributed by atoms with Crippen LogP contribution < -0.4 is 15.6 Å². The zero-order chi connectivity index (χ0) is 19.2. The SMILES string of the molecule is CCC(CC)C(=O)Nc1cccc(OCc2cc(=O)n3ccccc3n2)c1. The standard InChI is InChI=1S/C21H23N3O3/c1-3-15(4-2)21(26)23-16-8-7-9-18(12-16)27-14-17-13-20(25)24-11-6-5-10-19(24)22-17/h5-13,15H,3-4,14H2,1-2H3,(H,23,26). The molecule has 3 aromatic rings. The molecule has 0 saturated heterocycles. The van der Waals surface area contributed by atoms with Crippen molar-refractivity contribution >= 4 is 17.2 Å². The number of carbonyl (C=O) groups excluding carboxylic acids is 1. The van der Waals surface area contributed by atoms with Gasteiger partial charge in [0.05, 0.1) is 5.69 Å². The van der Waals surface area contributed by atoms with Crippen LogP contribution in [-0.4, -0.2) is 15.3 Å². The second-order valence-electron chi connectivity index (χ2n) is 6.33. The number of fused-ring (bicyclic) bond motifs is 1. The van der Waals surface area contributed by atoms with Crippen molar-refractivity contribution in [2.24, 2.45) is 5.92 Å². The van der Waals surface area contributed by atoms with Gasteiger partial charge in [-0.15, -0.1) is 0 Å². The molecule has 1 N–H and O–H groups in total. The van der Waals surface area contributed by atoms with Crippen LogP contribution in [0.15, 0.2) is 59.5 Å². The summed E-state index contributed by atoms with van der Waals surface area (Å²) in [6, 6.07) is 14.1. The number of benzene rings is 1. The van der Waals surface area contributed by atoms with Crippen molar-refractivity contribution < 1.29 is 9.53 Å². The van der Waals surface area contributed by atoms with E-state index in [1.807, 2.05) is 32.0 Å². The molecular weight excluding hydrogens is 342 g/mol. The van der Waals surface area contributed by atoms with Crippen molar-refractivity contribution in [2.75, 3.05) is 5.32 Å². The predicted octanol–water partition coefficient (Wildman–Crippen LogP) is 3.65. The zero-order valence-corrected chi connectivity index (χ0v) is 15.5. The topological polar surface area (TPSA) is 72.7 Å². The Balaban J connectivity index is 1.70. The van der Waals surface area contributed by atoms with Crippen LogP contribution in [0.2, 0.25) is 0 Å². The third-order valence-corrected chi connectivity index (χ3v) is 4.47. The van der Waals surface area contributed by atoms with E-state index in [0.717, 1.165) is 12.8 Å². The van der Waals surface area contributed by atoms with Crippen LogP contribution in [0.1, 0.15) is 32.4 Å². The fraction of sp³-hybridized carbons (Fsp3) is 0.286. The molecule has 6 heteroatoms. The molecule has 2 heterocycles. The molecule has 27 heavy (non-hydrogen) atoms. The summed E-state index contributed by atoms with van der Waals surface area (Å²) < 4.78 is 7.25. The van der Waals surface area contributed by atoms with Crippen molar-refractivity contribution in [3.63, 3.8) is 0 Å². The van der Waals surface area contributed by atoms with Crippen LogP contribution in [0.25, 0.3) is 5.65 Å². The number of rotatable bonds is 7. The summed E-state index contributed by atoms with van der Waals surface area (Å²) in [4.78, 5) is 28.8. The number of ether oxygens (including phenoxy) is 1. The molecule has 1 amide bonds. The summed E-state index contributed by atoms with van der Waals surface area (Å²) in [5, 5.41) is 2.93. The summed E-state index contributed by atoms with van der Waals surface area (Å²) >= 11 is 0. The molecule has 6 nitrogen and oxygen atoms in total. The molecule has 2 aromatic heterocycles. The van der Waals surface area contributed by atoms with Crippen LogP contribution in [0, 0.1) is 5.92 Å². The lowest BCUT2D eigenvalue weighted by Crippen LogP contribution is -2.21. The maximum absolute atomic E-state index is 12.2. The Morgan fingerprint density at radius 1 is 1.15 bits per heavy atom. The predicted molar refractivity (Wildman–Crippen MR) is 105 cm³/mol. The van der Waals surface area contributed by atoms with E-state index in [9.17, 15) is 9.59 Å². The molecule has 0 atom stereocenters. The van der Waals surface area contributed by atoms with Gasteiger partial charge in [-0.2, -0.15) is 0 Å².